The van der Waals surface area contributed by atoms with Crippen molar-refractivity contribution in [2.45, 2.75) is 18.4 Å². The summed E-state index contributed by atoms with van der Waals surface area (Å²) in [5.41, 5.74) is 2.21. The molecule has 1 N–H and O–H groups in total. The Morgan fingerprint density at radius 3 is 2.52 bits per heavy atom. The summed E-state index contributed by atoms with van der Waals surface area (Å²) in [6, 6.07) is 15.5. The minimum Gasteiger partial charge on any atom is -0.497 e. The number of amides is 1. The summed E-state index contributed by atoms with van der Waals surface area (Å²) >= 11 is 3.39. The van der Waals surface area contributed by atoms with Gasteiger partial charge in [-0.2, -0.15) is 4.31 Å². The van der Waals surface area contributed by atoms with E-state index in [2.05, 4.69) is 26.2 Å². The minimum absolute atomic E-state index is 0.0218. The van der Waals surface area contributed by atoms with Gasteiger partial charge in [0.15, 0.2) is 0 Å². The van der Waals surface area contributed by atoms with Crippen molar-refractivity contribution in [3.63, 3.8) is 0 Å². The molecule has 162 valence electrons. The first-order chi connectivity index (χ1) is 14.8. The number of ether oxygens (including phenoxy) is 1. The fourth-order valence-electron chi connectivity index (χ4n) is 2.93. The number of rotatable bonds is 8. The monoisotopic (exact) mass is 503 g/mol. The maximum Gasteiger partial charge on any atom is 0.245 e. The molecule has 31 heavy (non-hydrogen) atoms. The van der Waals surface area contributed by atoms with Gasteiger partial charge in [-0.3, -0.25) is 9.78 Å². The van der Waals surface area contributed by atoms with Crippen molar-refractivity contribution in [3.8, 4) is 5.75 Å². The van der Waals surface area contributed by atoms with Crippen molar-refractivity contribution < 1.29 is 17.9 Å². The Balaban J connectivity index is 1.86. The Morgan fingerprint density at radius 2 is 1.90 bits per heavy atom. The maximum absolute atomic E-state index is 13.2. The highest BCUT2D eigenvalue weighted by molar-refractivity contribution is 9.10. The molecule has 0 aliphatic heterocycles. The first-order valence-corrected chi connectivity index (χ1v) is 11.6. The second kappa shape index (κ2) is 10.0. The molecule has 0 bridgehead atoms. The number of hydrogen-bond donors (Lipinski definition) is 1. The van der Waals surface area contributed by atoms with Crippen LogP contribution in [0.25, 0.3) is 0 Å². The van der Waals surface area contributed by atoms with Gasteiger partial charge in [-0.15, -0.1) is 0 Å². The van der Waals surface area contributed by atoms with Gasteiger partial charge in [-0.05, 0) is 60.5 Å². The van der Waals surface area contributed by atoms with Gasteiger partial charge in [0.25, 0.3) is 0 Å². The average Bonchev–Trinajstić information content (AvgIpc) is 2.76. The van der Waals surface area contributed by atoms with Crippen LogP contribution >= 0.6 is 15.9 Å². The second-order valence-corrected chi connectivity index (χ2v) is 9.67. The molecule has 0 radical (unpaired) electrons. The number of pyridine rings is 1. The van der Waals surface area contributed by atoms with E-state index in [4.69, 9.17) is 4.74 Å². The molecule has 0 unspecified atom stereocenters. The number of carbonyl (C=O) groups excluding carboxylic acids is 1. The van der Waals surface area contributed by atoms with Crippen LogP contribution in [-0.4, -0.2) is 37.3 Å². The number of halogens is 1. The third-order valence-corrected chi connectivity index (χ3v) is 6.84. The van der Waals surface area contributed by atoms with E-state index in [1.807, 2.05) is 19.1 Å². The van der Waals surface area contributed by atoms with Crippen molar-refractivity contribution >= 4 is 37.5 Å². The van der Waals surface area contributed by atoms with Gasteiger partial charge < -0.3 is 10.1 Å². The van der Waals surface area contributed by atoms with E-state index in [9.17, 15) is 13.2 Å². The number of nitrogens with one attached hydrogen (secondary N) is 1. The number of nitrogens with zero attached hydrogens (tertiary/aromatic N) is 2. The standard InChI is InChI=1S/C22H22BrN3O4S/c1-16-12-18(23)7-10-21(16)25-22(27)15-26(14-17-5-8-19(30-2)9-6-17)31(28,29)20-4-3-11-24-13-20/h3-13H,14-15H2,1-2H3,(H,25,27). The van der Waals surface area contributed by atoms with Crippen LogP contribution in [0.5, 0.6) is 5.75 Å². The van der Waals surface area contributed by atoms with E-state index in [0.29, 0.717) is 11.4 Å². The van der Waals surface area contributed by atoms with Gasteiger partial charge in [-0.25, -0.2) is 8.42 Å². The SMILES string of the molecule is COc1ccc(CN(CC(=O)Nc2ccc(Br)cc2C)S(=O)(=O)c2cccnc2)cc1. The van der Waals surface area contributed by atoms with Crippen LogP contribution in [0, 0.1) is 6.92 Å². The molecular weight excluding hydrogens is 482 g/mol. The van der Waals surface area contributed by atoms with Crippen LogP contribution in [0.3, 0.4) is 0 Å². The molecule has 0 saturated heterocycles. The highest BCUT2D eigenvalue weighted by Gasteiger charge is 2.27. The Kier molecular flexibility index (Phi) is 7.42. The summed E-state index contributed by atoms with van der Waals surface area (Å²) in [5.74, 6) is 0.222. The van der Waals surface area contributed by atoms with Gasteiger partial charge in [0.05, 0.1) is 13.7 Å². The summed E-state index contributed by atoms with van der Waals surface area (Å²) < 4.78 is 33.6. The molecule has 2 aromatic carbocycles. The molecule has 0 atom stereocenters. The van der Waals surface area contributed by atoms with E-state index in [1.54, 1.807) is 43.5 Å². The Hall–Kier alpha value is -2.75. The lowest BCUT2D eigenvalue weighted by atomic mass is 10.2. The average molecular weight is 504 g/mol. The normalized spacial score (nSPS) is 11.4. The molecule has 1 heterocycles. The molecule has 0 aliphatic carbocycles. The van der Waals surface area contributed by atoms with Gasteiger partial charge in [0.1, 0.15) is 10.6 Å². The number of aromatic nitrogens is 1. The van der Waals surface area contributed by atoms with Crippen LogP contribution in [0.15, 0.2) is 76.4 Å². The van der Waals surface area contributed by atoms with Gasteiger partial charge in [0, 0.05) is 29.1 Å². The second-order valence-electron chi connectivity index (χ2n) is 6.82. The van der Waals surface area contributed by atoms with Gasteiger partial charge >= 0.3 is 0 Å². The molecule has 3 rings (SSSR count). The van der Waals surface area contributed by atoms with Crippen molar-refractivity contribution in [1.29, 1.82) is 0 Å². The Labute approximate surface area is 190 Å². The topological polar surface area (TPSA) is 88.6 Å². The van der Waals surface area contributed by atoms with Crippen molar-refractivity contribution in [2.24, 2.45) is 0 Å². The molecule has 1 aromatic heterocycles. The lowest BCUT2D eigenvalue weighted by Crippen LogP contribution is -2.37. The highest BCUT2D eigenvalue weighted by atomic mass is 79.9. The molecule has 3 aromatic rings. The third kappa shape index (κ3) is 5.90. The minimum atomic E-state index is -3.95. The predicted octanol–water partition coefficient (Wildman–Crippen LogP) is 3.99. The van der Waals surface area contributed by atoms with E-state index in [0.717, 1.165) is 19.9 Å². The first kappa shape index (κ1) is 22.9. The largest absolute Gasteiger partial charge is 0.497 e. The van der Waals surface area contributed by atoms with Crippen LogP contribution in [0.2, 0.25) is 0 Å². The molecule has 9 heteroatoms. The number of methoxy groups -OCH3 is 1. The van der Waals surface area contributed by atoms with E-state index in [1.165, 1.54) is 18.5 Å². The van der Waals surface area contributed by atoms with Crippen molar-refractivity contribution in [2.75, 3.05) is 19.0 Å². The van der Waals surface area contributed by atoms with Gasteiger partial charge in [0.2, 0.25) is 15.9 Å². The summed E-state index contributed by atoms with van der Waals surface area (Å²) in [7, 11) is -2.39. The van der Waals surface area contributed by atoms with Crippen LogP contribution in [-0.2, 0) is 21.4 Å². The molecule has 0 spiro atoms. The van der Waals surface area contributed by atoms with Crippen molar-refractivity contribution in [3.05, 3.63) is 82.6 Å². The van der Waals surface area contributed by atoms with E-state index < -0.39 is 15.9 Å². The fourth-order valence-corrected chi connectivity index (χ4v) is 4.75. The van der Waals surface area contributed by atoms with Crippen LogP contribution in [0.4, 0.5) is 5.69 Å². The quantitative estimate of drug-likeness (QED) is 0.501. The summed E-state index contributed by atoms with van der Waals surface area (Å²) in [6.45, 7) is 1.54. The lowest BCUT2D eigenvalue weighted by Gasteiger charge is -2.22. The number of carbonyl (C=O) groups is 1. The molecule has 0 saturated carbocycles. The highest BCUT2D eigenvalue weighted by Crippen LogP contribution is 2.22. The smallest absolute Gasteiger partial charge is 0.245 e. The van der Waals surface area contributed by atoms with E-state index in [-0.39, 0.29) is 18.0 Å². The molecule has 0 aliphatic rings. The number of sulfonamides is 1. The van der Waals surface area contributed by atoms with Crippen LogP contribution in [0.1, 0.15) is 11.1 Å². The zero-order chi connectivity index (χ0) is 22.4. The molecule has 7 nitrogen and oxygen atoms in total. The summed E-state index contributed by atoms with van der Waals surface area (Å²) in [5, 5.41) is 2.79. The lowest BCUT2D eigenvalue weighted by molar-refractivity contribution is -0.116. The fraction of sp³-hybridized carbons (Fsp3) is 0.182. The molecular formula is C22H22BrN3O4S. The number of benzene rings is 2. The van der Waals surface area contributed by atoms with Crippen LogP contribution < -0.4 is 10.1 Å². The Bertz CT molecular complexity index is 1150. The van der Waals surface area contributed by atoms with E-state index >= 15 is 0 Å². The molecule has 1 amide bonds. The number of anilines is 1. The zero-order valence-corrected chi connectivity index (χ0v) is 19.5. The first-order valence-electron chi connectivity index (χ1n) is 9.38. The Morgan fingerprint density at radius 1 is 1.16 bits per heavy atom. The van der Waals surface area contributed by atoms with Gasteiger partial charge in [-0.1, -0.05) is 28.1 Å². The molecule has 0 fully saturated rings. The number of aryl methyl sites for hydroxylation is 1. The number of hydrogen-bond acceptors (Lipinski definition) is 5. The summed E-state index contributed by atoms with van der Waals surface area (Å²) in [4.78, 5) is 16.7. The predicted molar refractivity (Wildman–Crippen MR) is 122 cm³/mol. The zero-order valence-electron chi connectivity index (χ0n) is 17.1. The van der Waals surface area contributed by atoms with Crippen molar-refractivity contribution in [1.82, 2.24) is 9.29 Å². The third-order valence-electron chi connectivity index (χ3n) is 4.57. The summed E-state index contributed by atoms with van der Waals surface area (Å²) in [6.07, 6.45) is 2.77. The maximum atomic E-state index is 13.2.